The van der Waals surface area contributed by atoms with Gasteiger partial charge in [-0.2, -0.15) is 0 Å². The van der Waals surface area contributed by atoms with E-state index in [2.05, 4.69) is 41.9 Å². The van der Waals surface area contributed by atoms with E-state index in [-0.39, 0.29) is 6.23 Å². The number of nitrogens with zero attached hydrogens (tertiary/aromatic N) is 2. The fourth-order valence-corrected chi connectivity index (χ4v) is 3.35. The SMILES string of the molecule is CCN1C(=CC=CC2Oc3ccccc3N2CC)Oc2ccccc21. The lowest BCUT2D eigenvalue weighted by molar-refractivity contribution is 0.275. The fraction of sp³-hybridized carbons (Fsp3) is 0.238. The first kappa shape index (κ1) is 15.6. The monoisotopic (exact) mass is 334 g/mol. The van der Waals surface area contributed by atoms with E-state index in [0.29, 0.717) is 0 Å². The Morgan fingerprint density at radius 3 is 2.40 bits per heavy atom. The number of benzene rings is 2. The number of fused-ring (bicyclic) bond motifs is 2. The van der Waals surface area contributed by atoms with Gasteiger partial charge in [-0.05, 0) is 50.3 Å². The first-order valence-corrected chi connectivity index (χ1v) is 8.77. The summed E-state index contributed by atoms with van der Waals surface area (Å²) in [5, 5.41) is 0. The van der Waals surface area contributed by atoms with Crippen LogP contribution in [-0.4, -0.2) is 19.3 Å². The topological polar surface area (TPSA) is 24.9 Å². The highest BCUT2D eigenvalue weighted by Gasteiger charge is 2.27. The molecule has 0 spiro atoms. The number of anilines is 2. The summed E-state index contributed by atoms with van der Waals surface area (Å²) in [6.07, 6.45) is 6.00. The molecule has 4 heteroatoms. The number of allylic oxidation sites excluding steroid dienone is 2. The molecule has 4 nitrogen and oxygen atoms in total. The molecule has 2 aliphatic heterocycles. The van der Waals surface area contributed by atoms with Gasteiger partial charge in [0.2, 0.25) is 5.88 Å². The van der Waals surface area contributed by atoms with Gasteiger partial charge in [0.1, 0.15) is 5.75 Å². The van der Waals surface area contributed by atoms with E-state index in [1.54, 1.807) is 0 Å². The molecule has 0 aliphatic carbocycles. The van der Waals surface area contributed by atoms with Crippen molar-refractivity contribution in [2.24, 2.45) is 0 Å². The summed E-state index contributed by atoms with van der Waals surface area (Å²) in [6.45, 7) is 6.02. The molecule has 0 radical (unpaired) electrons. The molecule has 2 aromatic rings. The highest BCUT2D eigenvalue weighted by Crippen LogP contribution is 2.39. The largest absolute Gasteiger partial charge is 0.465 e. The summed E-state index contributed by atoms with van der Waals surface area (Å²) in [4.78, 5) is 4.41. The maximum atomic E-state index is 6.05. The quantitative estimate of drug-likeness (QED) is 0.819. The zero-order valence-corrected chi connectivity index (χ0v) is 14.6. The number of rotatable bonds is 4. The molecule has 128 valence electrons. The third kappa shape index (κ3) is 2.74. The molecule has 0 aromatic heterocycles. The molecule has 1 atom stereocenters. The van der Waals surface area contributed by atoms with E-state index < -0.39 is 0 Å². The summed E-state index contributed by atoms with van der Waals surface area (Å²) in [5.74, 6) is 2.69. The van der Waals surface area contributed by atoms with Gasteiger partial charge in [0.25, 0.3) is 0 Å². The molecule has 0 amide bonds. The van der Waals surface area contributed by atoms with Crippen LogP contribution >= 0.6 is 0 Å². The van der Waals surface area contributed by atoms with Crippen molar-refractivity contribution in [2.45, 2.75) is 20.1 Å². The van der Waals surface area contributed by atoms with E-state index in [4.69, 9.17) is 9.47 Å². The molecule has 0 fully saturated rings. The Hall–Kier alpha value is -2.88. The first-order chi connectivity index (χ1) is 12.3. The third-order valence-corrected chi connectivity index (χ3v) is 4.54. The molecular formula is C21H22N2O2. The predicted molar refractivity (Wildman–Crippen MR) is 101 cm³/mol. The zero-order chi connectivity index (χ0) is 17.2. The summed E-state index contributed by atoms with van der Waals surface area (Å²) in [7, 11) is 0. The number of hydrogen-bond acceptors (Lipinski definition) is 4. The van der Waals surface area contributed by atoms with E-state index in [9.17, 15) is 0 Å². The lowest BCUT2D eigenvalue weighted by Crippen LogP contribution is -2.32. The smallest absolute Gasteiger partial charge is 0.200 e. The molecule has 2 aliphatic rings. The Labute approximate surface area is 148 Å². The van der Waals surface area contributed by atoms with Crippen LogP contribution in [0.2, 0.25) is 0 Å². The first-order valence-electron chi connectivity index (χ1n) is 8.77. The van der Waals surface area contributed by atoms with Gasteiger partial charge in [-0.25, -0.2) is 0 Å². The van der Waals surface area contributed by atoms with Crippen LogP contribution in [0.3, 0.4) is 0 Å². The number of hydrogen-bond donors (Lipinski definition) is 0. The minimum atomic E-state index is -0.0851. The molecule has 2 aromatic carbocycles. The molecule has 0 N–H and O–H groups in total. The van der Waals surface area contributed by atoms with E-state index >= 15 is 0 Å². The van der Waals surface area contributed by atoms with Crippen LogP contribution in [0.5, 0.6) is 11.5 Å². The maximum Gasteiger partial charge on any atom is 0.200 e. The molecule has 0 bridgehead atoms. The average molecular weight is 334 g/mol. The van der Waals surface area contributed by atoms with Gasteiger partial charge < -0.3 is 19.3 Å². The highest BCUT2D eigenvalue weighted by molar-refractivity contribution is 5.66. The van der Waals surface area contributed by atoms with E-state index in [1.165, 1.54) is 0 Å². The summed E-state index contributed by atoms with van der Waals surface area (Å²) >= 11 is 0. The number of ether oxygens (including phenoxy) is 2. The normalized spacial score (nSPS) is 19.9. The minimum Gasteiger partial charge on any atom is -0.465 e. The van der Waals surface area contributed by atoms with Crippen molar-refractivity contribution in [3.05, 3.63) is 72.6 Å². The van der Waals surface area contributed by atoms with Gasteiger partial charge in [0.15, 0.2) is 12.0 Å². The van der Waals surface area contributed by atoms with Gasteiger partial charge in [0, 0.05) is 13.1 Å². The lowest BCUT2D eigenvalue weighted by Gasteiger charge is -2.20. The highest BCUT2D eigenvalue weighted by atomic mass is 16.5. The van der Waals surface area contributed by atoms with Gasteiger partial charge in [-0.3, -0.25) is 0 Å². The van der Waals surface area contributed by atoms with Crippen LogP contribution < -0.4 is 19.3 Å². The van der Waals surface area contributed by atoms with Crippen molar-refractivity contribution >= 4 is 11.4 Å². The van der Waals surface area contributed by atoms with Crippen LogP contribution in [0.1, 0.15) is 13.8 Å². The van der Waals surface area contributed by atoms with Gasteiger partial charge in [-0.1, -0.05) is 30.3 Å². The molecular weight excluding hydrogens is 312 g/mol. The standard InChI is InChI=1S/C21H22N2O2/c1-3-22-16-10-5-7-12-18(16)24-20(22)14-9-15-21-23(4-2)17-11-6-8-13-19(17)25-21/h5-15,20H,3-4H2,1-2H3. The van der Waals surface area contributed by atoms with Crippen LogP contribution in [-0.2, 0) is 0 Å². The van der Waals surface area contributed by atoms with Crippen molar-refractivity contribution in [1.29, 1.82) is 0 Å². The second-order valence-corrected chi connectivity index (χ2v) is 5.97. The maximum absolute atomic E-state index is 6.05. The Morgan fingerprint density at radius 2 is 1.64 bits per heavy atom. The Morgan fingerprint density at radius 1 is 0.920 bits per heavy atom. The van der Waals surface area contributed by atoms with Gasteiger partial charge >= 0.3 is 0 Å². The molecule has 0 saturated heterocycles. The van der Waals surface area contributed by atoms with Crippen molar-refractivity contribution in [3.8, 4) is 11.5 Å². The van der Waals surface area contributed by atoms with Crippen LogP contribution in [0.25, 0.3) is 0 Å². The van der Waals surface area contributed by atoms with Crippen LogP contribution in [0.15, 0.2) is 72.6 Å². The summed E-state index contributed by atoms with van der Waals surface area (Å²) in [6, 6.07) is 16.3. The fourth-order valence-electron chi connectivity index (χ4n) is 3.35. The average Bonchev–Trinajstić information content (AvgIpc) is 3.18. The van der Waals surface area contributed by atoms with Crippen LogP contribution in [0, 0.1) is 0 Å². The van der Waals surface area contributed by atoms with Crippen molar-refractivity contribution in [2.75, 3.05) is 22.9 Å². The number of para-hydroxylation sites is 4. The van der Waals surface area contributed by atoms with Gasteiger partial charge in [-0.15, -0.1) is 0 Å². The third-order valence-electron chi connectivity index (χ3n) is 4.54. The van der Waals surface area contributed by atoms with Crippen molar-refractivity contribution < 1.29 is 9.47 Å². The minimum absolute atomic E-state index is 0.0851. The van der Waals surface area contributed by atoms with Crippen molar-refractivity contribution in [3.63, 3.8) is 0 Å². The Kier molecular flexibility index (Phi) is 4.10. The number of likely N-dealkylation sites (N-methyl/N-ethyl adjacent to an activating group) is 1. The van der Waals surface area contributed by atoms with Gasteiger partial charge in [0.05, 0.1) is 11.4 Å². The lowest BCUT2D eigenvalue weighted by atomic mass is 10.3. The molecule has 2 heterocycles. The summed E-state index contributed by atoms with van der Waals surface area (Å²) in [5.41, 5.74) is 2.26. The van der Waals surface area contributed by atoms with Crippen LogP contribution in [0.4, 0.5) is 11.4 Å². The molecule has 4 rings (SSSR count). The molecule has 1 unspecified atom stereocenters. The summed E-state index contributed by atoms with van der Waals surface area (Å²) < 4.78 is 12.0. The van der Waals surface area contributed by atoms with E-state index in [0.717, 1.165) is 41.8 Å². The Balaban J connectivity index is 1.53. The predicted octanol–water partition coefficient (Wildman–Crippen LogP) is 4.55. The zero-order valence-electron chi connectivity index (χ0n) is 14.6. The molecule has 25 heavy (non-hydrogen) atoms. The second-order valence-electron chi connectivity index (χ2n) is 5.97. The molecule has 0 saturated carbocycles. The van der Waals surface area contributed by atoms with Crippen molar-refractivity contribution in [1.82, 2.24) is 0 Å². The Bertz CT molecular complexity index is 828. The second kappa shape index (κ2) is 6.55. The van der Waals surface area contributed by atoms with E-state index in [1.807, 2.05) is 48.6 Å².